The first kappa shape index (κ1) is 19.3. The highest BCUT2D eigenvalue weighted by Crippen LogP contribution is 2.52. The van der Waals surface area contributed by atoms with Gasteiger partial charge in [-0.1, -0.05) is 78.4 Å². The molecule has 2 aliphatic rings. The van der Waals surface area contributed by atoms with E-state index in [1.807, 2.05) is 0 Å². The Morgan fingerprint density at radius 2 is 1.80 bits per heavy atom. The summed E-state index contributed by atoms with van der Waals surface area (Å²) in [6, 6.07) is 26.8. The summed E-state index contributed by atoms with van der Waals surface area (Å²) in [5.41, 5.74) is 8.37. The van der Waals surface area contributed by atoms with Gasteiger partial charge in [-0.3, -0.25) is 0 Å². The summed E-state index contributed by atoms with van der Waals surface area (Å²) in [5.74, 6) is 0.666. The van der Waals surface area contributed by atoms with Crippen molar-refractivity contribution in [2.75, 3.05) is 13.1 Å². The van der Waals surface area contributed by atoms with Crippen LogP contribution in [-0.2, 0) is 6.42 Å². The Labute approximate surface area is 184 Å². The minimum absolute atomic E-state index is 0.382. The predicted molar refractivity (Wildman–Crippen MR) is 129 cm³/mol. The first-order valence-corrected chi connectivity index (χ1v) is 11.4. The van der Waals surface area contributed by atoms with Gasteiger partial charge in [0.15, 0.2) is 5.11 Å². The number of hydrogen-bond donors (Lipinski definition) is 1. The first-order valence-electron chi connectivity index (χ1n) is 11.0. The lowest BCUT2D eigenvalue weighted by Crippen LogP contribution is -2.44. The van der Waals surface area contributed by atoms with Crippen LogP contribution in [0.15, 0.2) is 72.8 Å². The topological polar surface area (TPSA) is 15.3 Å². The predicted octanol–water partition coefficient (Wildman–Crippen LogP) is 6.01. The van der Waals surface area contributed by atoms with E-state index in [-0.39, 0.29) is 0 Å². The summed E-state index contributed by atoms with van der Waals surface area (Å²) < 4.78 is 0. The van der Waals surface area contributed by atoms with Crippen molar-refractivity contribution in [1.82, 2.24) is 10.2 Å². The highest BCUT2D eigenvalue weighted by molar-refractivity contribution is 7.80. The van der Waals surface area contributed by atoms with Crippen molar-refractivity contribution < 1.29 is 0 Å². The van der Waals surface area contributed by atoms with E-state index < -0.39 is 0 Å². The van der Waals surface area contributed by atoms with Gasteiger partial charge in [-0.15, -0.1) is 0 Å². The molecule has 1 aliphatic carbocycles. The van der Waals surface area contributed by atoms with Crippen molar-refractivity contribution in [3.63, 3.8) is 0 Å². The number of hydrogen-bond acceptors (Lipinski definition) is 1. The van der Waals surface area contributed by atoms with E-state index in [0.717, 1.165) is 24.6 Å². The average molecular weight is 413 g/mol. The Balaban J connectivity index is 1.37. The Bertz CT molecular complexity index is 1040. The molecule has 2 nitrogen and oxygen atoms in total. The van der Waals surface area contributed by atoms with E-state index in [0.29, 0.717) is 12.0 Å². The van der Waals surface area contributed by atoms with Crippen LogP contribution in [0.4, 0.5) is 0 Å². The third-order valence-electron chi connectivity index (χ3n) is 6.67. The highest BCUT2D eigenvalue weighted by atomic mass is 32.1. The normalized spacial score (nSPS) is 19.4. The molecule has 2 atom stereocenters. The lowest BCUT2D eigenvalue weighted by molar-refractivity contribution is 0.246. The molecule has 1 aliphatic heterocycles. The molecule has 30 heavy (non-hydrogen) atoms. The van der Waals surface area contributed by atoms with Crippen LogP contribution < -0.4 is 5.32 Å². The van der Waals surface area contributed by atoms with Crippen LogP contribution in [0, 0.1) is 6.92 Å². The molecule has 152 valence electrons. The zero-order valence-corrected chi connectivity index (χ0v) is 18.3. The van der Waals surface area contributed by atoms with Gasteiger partial charge >= 0.3 is 0 Å². The molecule has 0 aromatic heterocycles. The fraction of sp³-hybridized carbons (Fsp3) is 0.296. The van der Waals surface area contributed by atoms with Gasteiger partial charge in [0.05, 0.1) is 6.04 Å². The first-order chi connectivity index (χ1) is 14.7. The van der Waals surface area contributed by atoms with Gasteiger partial charge in [0, 0.05) is 13.1 Å². The van der Waals surface area contributed by atoms with E-state index in [4.69, 9.17) is 12.2 Å². The van der Waals surface area contributed by atoms with E-state index in [2.05, 4.69) is 89.9 Å². The third-order valence-corrected chi connectivity index (χ3v) is 7.05. The van der Waals surface area contributed by atoms with E-state index in [9.17, 15) is 0 Å². The third kappa shape index (κ3) is 3.63. The zero-order chi connectivity index (χ0) is 20.5. The fourth-order valence-corrected chi connectivity index (χ4v) is 5.44. The molecular formula is C27H28N2S. The maximum atomic E-state index is 5.87. The fourth-order valence-electron chi connectivity index (χ4n) is 5.12. The van der Waals surface area contributed by atoms with Crippen LogP contribution in [0.2, 0.25) is 0 Å². The molecule has 0 saturated carbocycles. The SMILES string of the molecule is Cc1ccc(-c2cccc3c2[C@H]2C[C@H]3CCN2C(=S)NCCc2ccccc2)cc1. The number of piperidine rings is 1. The molecule has 3 aromatic carbocycles. The van der Waals surface area contributed by atoms with Gasteiger partial charge in [-0.25, -0.2) is 0 Å². The monoisotopic (exact) mass is 412 g/mol. The molecule has 3 aromatic rings. The molecule has 1 saturated heterocycles. The van der Waals surface area contributed by atoms with Crippen LogP contribution >= 0.6 is 12.2 Å². The molecular weight excluding hydrogens is 384 g/mol. The Kier molecular flexibility index (Phi) is 5.30. The van der Waals surface area contributed by atoms with Gasteiger partial charge in [0.2, 0.25) is 0 Å². The number of fused-ring (bicyclic) bond motifs is 5. The van der Waals surface area contributed by atoms with Crippen molar-refractivity contribution in [3.05, 3.63) is 95.1 Å². The van der Waals surface area contributed by atoms with Gasteiger partial charge < -0.3 is 10.2 Å². The van der Waals surface area contributed by atoms with Crippen LogP contribution in [-0.4, -0.2) is 23.1 Å². The number of nitrogens with one attached hydrogen (secondary N) is 1. The second kappa shape index (κ2) is 8.23. The van der Waals surface area contributed by atoms with E-state index in [1.165, 1.54) is 46.2 Å². The Morgan fingerprint density at radius 1 is 1.00 bits per heavy atom. The molecule has 3 heteroatoms. The van der Waals surface area contributed by atoms with Gasteiger partial charge in [-0.05, 0) is 72.1 Å². The lowest BCUT2D eigenvalue weighted by atomic mass is 9.93. The summed E-state index contributed by atoms with van der Waals surface area (Å²) in [5, 5.41) is 4.44. The zero-order valence-electron chi connectivity index (χ0n) is 17.5. The van der Waals surface area contributed by atoms with Gasteiger partial charge in [-0.2, -0.15) is 0 Å². The quantitative estimate of drug-likeness (QED) is 0.528. The van der Waals surface area contributed by atoms with Crippen molar-refractivity contribution >= 4 is 17.3 Å². The van der Waals surface area contributed by atoms with Crippen LogP contribution in [0.1, 0.15) is 47.1 Å². The highest BCUT2D eigenvalue weighted by Gasteiger charge is 2.41. The molecule has 1 heterocycles. The Morgan fingerprint density at radius 3 is 2.60 bits per heavy atom. The number of likely N-dealkylation sites (tertiary alicyclic amines) is 1. The second-order valence-electron chi connectivity index (χ2n) is 8.57. The second-order valence-corrected chi connectivity index (χ2v) is 8.96. The lowest BCUT2D eigenvalue weighted by Gasteiger charge is -2.36. The Hall–Kier alpha value is -2.65. The van der Waals surface area contributed by atoms with Crippen molar-refractivity contribution in [3.8, 4) is 11.1 Å². The number of benzene rings is 3. The summed E-state index contributed by atoms with van der Waals surface area (Å²) in [4.78, 5) is 2.44. The van der Waals surface area contributed by atoms with E-state index in [1.54, 1.807) is 0 Å². The summed E-state index contributed by atoms with van der Waals surface area (Å²) in [7, 11) is 0. The molecule has 0 amide bonds. The number of nitrogens with zero attached hydrogens (tertiary/aromatic N) is 1. The molecule has 0 spiro atoms. The van der Waals surface area contributed by atoms with Gasteiger partial charge in [0.25, 0.3) is 0 Å². The maximum Gasteiger partial charge on any atom is 0.169 e. The molecule has 2 bridgehead atoms. The smallest absolute Gasteiger partial charge is 0.169 e. The maximum absolute atomic E-state index is 5.87. The number of aryl methyl sites for hydroxylation is 1. The van der Waals surface area contributed by atoms with Crippen LogP contribution in [0.3, 0.4) is 0 Å². The standard InChI is InChI=1S/C27H28N2S/c1-19-10-12-21(13-11-19)23-8-5-9-24-22-15-17-29(25(18-22)26(23)24)27(30)28-16-14-20-6-3-2-4-7-20/h2-13,22,25H,14-18H2,1H3,(H,28,30)/t22-,25-/m1/s1. The number of rotatable bonds is 4. The minimum atomic E-state index is 0.382. The van der Waals surface area contributed by atoms with Crippen molar-refractivity contribution in [2.45, 2.75) is 38.1 Å². The molecule has 5 rings (SSSR count). The largest absolute Gasteiger partial charge is 0.362 e. The van der Waals surface area contributed by atoms with E-state index >= 15 is 0 Å². The molecule has 0 radical (unpaired) electrons. The molecule has 0 unspecified atom stereocenters. The summed E-state index contributed by atoms with van der Waals surface area (Å²) in [6.45, 7) is 4.06. The van der Waals surface area contributed by atoms with Gasteiger partial charge in [0.1, 0.15) is 0 Å². The summed E-state index contributed by atoms with van der Waals surface area (Å²) >= 11 is 5.87. The van der Waals surface area contributed by atoms with Crippen LogP contribution in [0.25, 0.3) is 11.1 Å². The summed E-state index contributed by atoms with van der Waals surface area (Å²) in [6.07, 6.45) is 3.35. The van der Waals surface area contributed by atoms with Crippen LogP contribution in [0.5, 0.6) is 0 Å². The number of thiocarbonyl (C=S) groups is 1. The van der Waals surface area contributed by atoms with Crippen molar-refractivity contribution in [2.24, 2.45) is 0 Å². The average Bonchev–Trinajstić information content (AvgIpc) is 3.07. The van der Waals surface area contributed by atoms with Crippen molar-refractivity contribution in [1.29, 1.82) is 0 Å². The molecule has 1 fully saturated rings. The molecule has 1 N–H and O–H groups in total. The minimum Gasteiger partial charge on any atom is -0.362 e.